The molecular weight excluding hydrogens is 850 g/mol. The van der Waals surface area contributed by atoms with Gasteiger partial charge in [-0.25, -0.2) is 9.13 Å². The lowest BCUT2D eigenvalue weighted by Crippen LogP contribution is -2.64. The summed E-state index contributed by atoms with van der Waals surface area (Å²) in [7, 11) is -10.7. The molecular formula is C43H78O17P2. The highest BCUT2D eigenvalue weighted by Crippen LogP contribution is 2.49. The molecule has 62 heavy (non-hydrogen) atoms. The molecule has 0 spiro atoms. The predicted molar refractivity (Wildman–Crippen MR) is 232 cm³/mol. The number of carbonyl (C=O) groups excluding carboxylic acids is 2. The highest BCUT2D eigenvalue weighted by Gasteiger charge is 2.54. The molecule has 17 nitrogen and oxygen atoms in total. The number of esters is 2. The van der Waals surface area contributed by atoms with E-state index in [0.717, 1.165) is 83.5 Å². The maximum absolute atomic E-state index is 13.0. The molecule has 1 saturated heterocycles. The Morgan fingerprint density at radius 1 is 0.581 bits per heavy atom. The first kappa shape index (κ1) is 56.6. The van der Waals surface area contributed by atoms with E-state index in [1.807, 2.05) is 0 Å². The van der Waals surface area contributed by atoms with Crippen molar-refractivity contribution in [2.75, 3.05) is 13.2 Å². The second-order valence-electron chi connectivity index (χ2n) is 16.5. The van der Waals surface area contributed by atoms with E-state index in [4.69, 9.17) is 33.0 Å². The summed E-state index contributed by atoms with van der Waals surface area (Å²) in [5.74, 6) is -1.24. The molecule has 0 bridgehead atoms. The van der Waals surface area contributed by atoms with Crippen LogP contribution in [0.25, 0.3) is 0 Å². The van der Waals surface area contributed by atoms with E-state index in [2.05, 4.69) is 42.7 Å². The van der Waals surface area contributed by atoms with Crippen LogP contribution in [0.3, 0.4) is 0 Å². The SMILES string of the molecule is CCCCCC/C=C\CCCCCCCC(=O)O[C@H](COC(=O)CCCCCCC/C=C\CC1OC1CCCCC)COP(=O)(O)O[C@H]1C(O)C(O)C(O)[C@@H](OP(=O)(O)O)C1O. The van der Waals surface area contributed by atoms with E-state index in [0.29, 0.717) is 25.0 Å². The molecule has 7 unspecified atom stereocenters. The van der Waals surface area contributed by atoms with Crippen molar-refractivity contribution < 1.29 is 81.6 Å². The Bertz CT molecular complexity index is 1380. The molecule has 0 aromatic heterocycles. The number of phosphoric ester groups is 2. The van der Waals surface area contributed by atoms with E-state index in [1.165, 1.54) is 44.9 Å². The van der Waals surface area contributed by atoms with Crippen LogP contribution in [-0.2, 0) is 46.5 Å². The Labute approximate surface area is 368 Å². The number of phosphoric acid groups is 2. The molecule has 2 aliphatic rings. The fourth-order valence-corrected chi connectivity index (χ4v) is 8.74. The zero-order chi connectivity index (χ0) is 45.8. The van der Waals surface area contributed by atoms with Gasteiger partial charge in [0.15, 0.2) is 6.10 Å². The number of aliphatic hydroxyl groups excluding tert-OH is 4. The molecule has 0 aromatic carbocycles. The molecule has 0 aromatic rings. The van der Waals surface area contributed by atoms with Gasteiger partial charge in [0.1, 0.15) is 43.2 Å². The number of unbranched alkanes of at least 4 members (excludes halogenated alkanes) is 16. The molecule has 362 valence electrons. The zero-order valence-corrected chi connectivity index (χ0v) is 38.8. The summed E-state index contributed by atoms with van der Waals surface area (Å²) in [6.45, 7) is 3.03. The fraction of sp³-hybridized carbons (Fsp3) is 0.860. The van der Waals surface area contributed by atoms with Gasteiger partial charge < -0.3 is 49.3 Å². The summed E-state index contributed by atoms with van der Waals surface area (Å²) in [5, 5.41) is 41.2. The molecule has 10 atom stereocenters. The van der Waals surface area contributed by atoms with Crippen molar-refractivity contribution >= 4 is 27.6 Å². The monoisotopic (exact) mass is 928 g/mol. The van der Waals surface area contributed by atoms with E-state index in [9.17, 15) is 44.0 Å². The zero-order valence-electron chi connectivity index (χ0n) is 37.0. The number of rotatable bonds is 37. The third-order valence-electron chi connectivity index (χ3n) is 10.9. The Balaban J connectivity index is 1.80. The van der Waals surface area contributed by atoms with Gasteiger partial charge in [-0.3, -0.25) is 23.2 Å². The largest absolute Gasteiger partial charge is 0.472 e. The first-order chi connectivity index (χ1) is 29.6. The Hall–Kier alpha value is -1.56. The van der Waals surface area contributed by atoms with Crippen molar-refractivity contribution in [2.24, 2.45) is 0 Å². The number of epoxide rings is 1. The third-order valence-corrected chi connectivity index (χ3v) is 12.4. The number of allylic oxidation sites excluding steroid dienone is 3. The van der Waals surface area contributed by atoms with Gasteiger partial charge in [-0.1, -0.05) is 115 Å². The second kappa shape index (κ2) is 32.2. The van der Waals surface area contributed by atoms with Crippen molar-refractivity contribution in [2.45, 2.75) is 223 Å². The lowest BCUT2D eigenvalue weighted by atomic mass is 9.85. The van der Waals surface area contributed by atoms with E-state index < -0.39 is 83.5 Å². The number of ether oxygens (including phenoxy) is 3. The molecule has 1 heterocycles. The molecule has 2 rings (SSSR count). The van der Waals surface area contributed by atoms with Crippen molar-refractivity contribution in [3.63, 3.8) is 0 Å². The molecule has 1 saturated carbocycles. The quantitative estimate of drug-likeness (QED) is 0.0107. The van der Waals surface area contributed by atoms with E-state index in [-0.39, 0.29) is 12.8 Å². The van der Waals surface area contributed by atoms with Crippen LogP contribution in [0.5, 0.6) is 0 Å². The first-order valence-corrected chi connectivity index (χ1v) is 26.0. The molecule has 1 aliphatic carbocycles. The van der Waals surface area contributed by atoms with Crippen molar-refractivity contribution in [1.29, 1.82) is 0 Å². The van der Waals surface area contributed by atoms with Crippen molar-refractivity contribution in [1.82, 2.24) is 0 Å². The number of hydrogen-bond donors (Lipinski definition) is 7. The maximum Gasteiger partial charge on any atom is 0.472 e. The molecule has 1 aliphatic heterocycles. The fourth-order valence-electron chi connectivity index (χ4n) is 7.20. The van der Waals surface area contributed by atoms with Crippen LogP contribution in [0.1, 0.15) is 168 Å². The summed E-state index contributed by atoms with van der Waals surface area (Å²) >= 11 is 0. The number of aliphatic hydroxyl groups is 4. The van der Waals surface area contributed by atoms with Gasteiger partial charge in [-0.05, 0) is 64.2 Å². The van der Waals surface area contributed by atoms with Gasteiger partial charge in [0.2, 0.25) is 0 Å². The lowest BCUT2D eigenvalue weighted by molar-refractivity contribution is -0.216. The van der Waals surface area contributed by atoms with Crippen LogP contribution >= 0.6 is 15.6 Å². The standard InChI is InChI=1S/C43H78O17P2/c1-3-5-7-8-9-10-11-12-13-14-19-22-26-30-37(45)57-33(32-56-62(53,54)60-43-40(48)38(46)39(47)42(41(43)49)59-61(50,51)52)31-55-36(44)29-25-21-18-16-15-17-20-24-28-35-34(58-35)27-23-6-4-2/h10-11,20,24,33-35,38-43,46-49H,3-9,12-19,21-23,25-32H2,1-2H3,(H,53,54)(H2,50,51,52)/b11-10-,24-20-/t33-,34?,35?,38?,39?,40?,41?,42-,43+/m1/s1. The lowest BCUT2D eigenvalue weighted by Gasteiger charge is -2.43. The van der Waals surface area contributed by atoms with Gasteiger partial charge in [0.25, 0.3) is 0 Å². The normalized spacial score (nSPS) is 25.6. The summed E-state index contributed by atoms with van der Waals surface area (Å²) in [6, 6.07) is 0. The van der Waals surface area contributed by atoms with Crippen LogP contribution in [-0.4, -0.2) is 115 Å². The maximum atomic E-state index is 13.0. The van der Waals surface area contributed by atoms with E-state index >= 15 is 0 Å². The van der Waals surface area contributed by atoms with Crippen molar-refractivity contribution in [3.8, 4) is 0 Å². The number of hydrogen-bond acceptors (Lipinski definition) is 14. The minimum Gasteiger partial charge on any atom is -0.462 e. The summed E-state index contributed by atoms with van der Waals surface area (Å²) < 4.78 is 55.0. The Morgan fingerprint density at radius 2 is 1.08 bits per heavy atom. The third kappa shape index (κ3) is 25.8. The Kier molecular flexibility index (Phi) is 29.4. The van der Waals surface area contributed by atoms with Crippen LogP contribution in [0.2, 0.25) is 0 Å². The van der Waals surface area contributed by atoms with Gasteiger partial charge in [0, 0.05) is 12.8 Å². The van der Waals surface area contributed by atoms with Crippen LogP contribution < -0.4 is 0 Å². The average Bonchev–Trinajstić information content (AvgIpc) is 3.98. The van der Waals surface area contributed by atoms with Gasteiger partial charge >= 0.3 is 27.6 Å². The number of carbonyl (C=O) groups is 2. The molecule has 7 N–H and O–H groups in total. The highest BCUT2D eigenvalue weighted by atomic mass is 31.2. The summed E-state index contributed by atoms with van der Waals surface area (Å²) in [4.78, 5) is 54.2. The Morgan fingerprint density at radius 3 is 1.66 bits per heavy atom. The predicted octanol–water partition coefficient (Wildman–Crippen LogP) is 7.16. The first-order valence-electron chi connectivity index (χ1n) is 23.0. The molecule has 19 heteroatoms. The smallest absolute Gasteiger partial charge is 0.462 e. The minimum absolute atomic E-state index is 0.0291. The van der Waals surface area contributed by atoms with Crippen LogP contribution in [0.4, 0.5) is 0 Å². The van der Waals surface area contributed by atoms with Crippen LogP contribution in [0.15, 0.2) is 24.3 Å². The molecule has 0 radical (unpaired) electrons. The van der Waals surface area contributed by atoms with Crippen LogP contribution in [0, 0.1) is 0 Å². The van der Waals surface area contributed by atoms with Crippen molar-refractivity contribution in [3.05, 3.63) is 24.3 Å². The second-order valence-corrected chi connectivity index (χ2v) is 19.1. The molecule has 0 amide bonds. The minimum atomic E-state index is -5.36. The van der Waals surface area contributed by atoms with E-state index in [1.54, 1.807) is 0 Å². The van der Waals surface area contributed by atoms with Gasteiger partial charge in [0.05, 0.1) is 18.8 Å². The average molecular weight is 929 g/mol. The molecule has 2 fully saturated rings. The summed E-state index contributed by atoms with van der Waals surface area (Å²) in [5.41, 5.74) is 0. The van der Waals surface area contributed by atoms with Gasteiger partial charge in [-0.15, -0.1) is 0 Å². The highest BCUT2D eigenvalue weighted by molar-refractivity contribution is 7.47. The topological polar surface area (TPSA) is 269 Å². The van der Waals surface area contributed by atoms with Gasteiger partial charge in [-0.2, -0.15) is 0 Å². The summed E-state index contributed by atoms with van der Waals surface area (Å²) in [6.07, 6.45) is 17.4.